The Balaban J connectivity index is 1.59. The Morgan fingerprint density at radius 2 is 1.61 bits per heavy atom. The van der Waals surface area contributed by atoms with Crippen molar-refractivity contribution in [2.75, 3.05) is 31.0 Å². The first-order chi connectivity index (χ1) is 15.0. The van der Waals surface area contributed by atoms with Crippen LogP contribution < -0.4 is 20.7 Å². The molecule has 0 radical (unpaired) electrons. The van der Waals surface area contributed by atoms with Crippen LogP contribution in [-0.2, 0) is 4.74 Å². The van der Waals surface area contributed by atoms with Gasteiger partial charge in [-0.25, -0.2) is 0 Å². The normalized spacial score (nSPS) is 10.3. The lowest BCUT2D eigenvalue weighted by Crippen LogP contribution is -2.34. The van der Waals surface area contributed by atoms with Crippen LogP contribution in [0.4, 0.5) is 17.1 Å². The van der Waals surface area contributed by atoms with Crippen LogP contribution in [0.2, 0.25) is 0 Å². The zero-order valence-corrected chi connectivity index (χ0v) is 19.3. The second-order valence-electron chi connectivity index (χ2n) is 6.46. The molecule has 6 nitrogen and oxygen atoms in total. The van der Waals surface area contributed by atoms with Crippen LogP contribution in [0, 0.1) is 0 Å². The lowest BCUT2D eigenvalue weighted by Gasteiger charge is -2.14. The molecule has 0 heterocycles. The first-order valence-electron chi connectivity index (χ1n) is 9.51. The van der Waals surface area contributed by atoms with E-state index >= 15 is 0 Å². The number of hydrogen-bond acceptors (Lipinski definition) is 5. The van der Waals surface area contributed by atoms with Gasteiger partial charge in [0.1, 0.15) is 12.4 Å². The smallest absolute Gasteiger partial charge is 0.261 e. The summed E-state index contributed by atoms with van der Waals surface area (Å²) < 4.78 is 11.4. The molecule has 0 saturated carbocycles. The molecule has 3 rings (SSSR count). The van der Waals surface area contributed by atoms with Crippen LogP contribution in [0.25, 0.3) is 0 Å². The average molecular weight is 500 g/mol. The van der Waals surface area contributed by atoms with E-state index in [0.717, 1.165) is 21.5 Å². The third-order valence-corrected chi connectivity index (χ3v) is 4.86. The molecule has 0 aliphatic heterocycles. The topological polar surface area (TPSA) is 71.6 Å². The van der Waals surface area contributed by atoms with Crippen molar-refractivity contribution in [1.29, 1.82) is 0 Å². The number of rotatable bonds is 8. The summed E-state index contributed by atoms with van der Waals surface area (Å²) in [6, 6.07) is 22.7. The fourth-order valence-corrected chi connectivity index (χ4v) is 3.27. The molecular formula is C23H22BrN3O3S. The lowest BCUT2D eigenvalue weighted by molar-refractivity contribution is 0.0969. The Labute approximate surface area is 195 Å². The van der Waals surface area contributed by atoms with Crippen molar-refractivity contribution in [3.63, 3.8) is 0 Å². The molecule has 0 atom stereocenters. The number of benzene rings is 3. The van der Waals surface area contributed by atoms with Crippen molar-refractivity contribution in [3.05, 3.63) is 82.8 Å². The van der Waals surface area contributed by atoms with Gasteiger partial charge in [0.25, 0.3) is 5.91 Å². The maximum Gasteiger partial charge on any atom is 0.261 e. The number of amides is 1. The van der Waals surface area contributed by atoms with E-state index in [-0.39, 0.29) is 11.0 Å². The Morgan fingerprint density at radius 3 is 2.32 bits per heavy atom. The van der Waals surface area contributed by atoms with Gasteiger partial charge >= 0.3 is 0 Å². The highest BCUT2D eigenvalue weighted by molar-refractivity contribution is 9.10. The summed E-state index contributed by atoms with van der Waals surface area (Å²) in [5.41, 5.74) is 3.08. The molecule has 8 heteroatoms. The average Bonchev–Trinajstić information content (AvgIpc) is 2.77. The summed E-state index contributed by atoms with van der Waals surface area (Å²) in [6.07, 6.45) is 0. The SMILES string of the molecule is COCCOc1ccc(Br)cc1C(=O)NC(=S)Nc1ccc(Nc2ccccc2)cc1. The number of anilines is 3. The molecule has 3 N–H and O–H groups in total. The van der Waals surface area contributed by atoms with Crippen LogP contribution in [-0.4, -0.2) is 31.3 Å². The molecule has 0 saturated heterocycles. The molecule has 0 bridgehead atoms. The molecule has 0 aliphatic carbocycles. The molecule has 0 spiro atoms. The number of carbonyl (C=O) groups excluding carboxylic acids is 1. The number of carbonyl (C=O) groups is 1. The van der Waals surface area contributed by atoms with Gasteiger partial charge in [-0.2, -0.15) is 0 Å². The predicted molar refractivity (Wildman–Crippen MR) is 131 cm³/mol. The summed E-state index contributed by atoms with van der Waals surface area (Å²) in [7, 11) is 1.59. The van der Waals surface area contributed by atoms with Crippen LogP contribution in [0.5, 0.6) is 5.75 Å². The zero-order chi connectivity index (χ0) is 22.1. The van der Waals surface area contributed by atoms with Gasteiger partial charge in [-0.05, 0) is 66.8 Å². The van der Waals surface area contributed by atoms with Crippen LogP contribution in [0.3, 0.4) is 0 Å². The first kappa shape index (κ1) is 22.7. The molecule has 3 aromatic carbocycles. The monoisotopic (exact) mass is 499 g/mol. The number of thiocarbonyl (C=S) groups is 1. The number of ether oxygens (including phenoxy) is 2. The van der Waals surface area contributed by atoms with E-state index in [9.17, 15) is 4.79 Å². The number of para-hydroxylation sites is 1. The van der Waals surface area contributed by atoms with Gasteiger partial charge in [-0.3, -0.25) is 10.1 Å². The highest BCUT2D eigenvalue weighted by atomic mass is 79.9. The van der Waals surface area contributed by atoms with Gasteiger partial charge in [0, 0.05) is 28.6 Å². The molecule has 0 unspecified atom stereocenters. The number of halogens is 1. The second kappa shape index (κ2) is 11.5. The van der Waals surface area contributed by atoms with Crippen molar-refractivity contribution in [2.45, 2.75) is 0 Å². The van der Waals surface area contributed by atoms with Crippen molar-refractivity contribution in [1.82, 2.24) is 5.32 Å². The summed E-state index contributed by atoms with van der Waals surface area (Å²) in [6.45, 7) is 0.761. The molecule has 0 aliphatic rings. The van der Waals surface area contributed by atoms with Gasteiger partial charge in [-0.1, -0.05) is 34.1 Å². The third-order valence-electron chi connectivity index (χ3n) is 4.16. The molecule has 3 aromatic rings. The zero-order valence-electron chi connectivity index (χ0n) is 16.9. The minimum absolute atomic E-state index is 0.191. The molecule has 0 aromatic heterocycles. The predicted octanol–water partition coefficient (Wildman–Crippen LogP) is 5.34. The van der Waals surface area contributed by atoms with Gasteiger partial charge in [0.2, 0.25) is 0 Å². The molecule has 31 heavy (non-hydrogen) atoms. The van der Waals surface area contributed by atoms with E-state index in [0.29, 0.717) is 24.5 Å². The molecule has 0 fully saturated rings. The Bertz CT molecular complexity index is 1030. The summed E-state index contributed by atoms with van der Waals surface area (Å²) in [5.74, 6) is 0.0884. The maximum atomic E-state index is 12.7. The highest BCUT2D eigenvalue weighted by Gasteiger charge is 2.15. The Morgan fingerprint density at radius 1 is 0.935 bits per heavy atom. The van der Waals surface area contributed by atoms with E-state index in [1.54, 1.807) is 25.3 Å². The standard InChI is InChI=1S/C23H22BrN3O3S/c1-29-13-14-30-21-12-7-16(24)15-20(21)22(28)27-23(31)26-19-10-8-18(9-11-19)25-17-5-3-2-4-6-17/h2-12,15,25H,13-14H2,1H3,(H2,26,27,28,31). The van der Waals surface area contributed by atoms with E-state index < -0.39 is 0 Å². The highest BCUT2D eigenvalue weighted by Crippen LogP contribution is 2.23. The Hall–Kier alpha value is -2.94. The van der Waals surface area contributed by atoms with Crippen molar-refractivity contribution < 1.29 is 14.3 Å². The van der Waals surface area contributed by atoms with Crippen molar-refractivity contribution in [2.24, 2.45) is 0 Å². The summed E-state index contributed by atoms with van der Waals surface area (Å²) in [5, 5.41) is 9.21. The lowest BCUT2D eigenvalue weighted by atomic mass is 10.2. The number of nitrogens with one attached hydrogen (secondary N) is 3. The van der Waals surface area contributed by atoms with E-state index in [1.165, 1.54) is 0 Å². The van der Waals surface area contributed by atoms with Gasteiger partial charge in [0.15, 0.2) is 5.11 Å². The number of hydrogen-bond donors (Lipinski definition) is 3. The van der Waals surface area contributed by atoms with Crippen molar-refractivity contribution >= 4 is 56.2 Å². The maximum absolute atomic E-state index is 12.7. The van der Waals surface area contributed by atoms with E-state index in [2.05, 4.69) is 31.9 Å². The van der Waals surface area contributed by atoms with Crippen LogP contribution >= 0.6 is 28.1 Å². The van der Waals surface area contributed by atoms with E-state index in [4.69, 9.17) is 21.7 Å². The van der Waals surface area contributed by atoms with Gasteiger partial charge in [-0.15, -0.1) is 0 Å². The number of methoxy groups -OCH3 is 1. The minimum atomic E-state index is -0.367. The van der Waals surface area contributed by atoms with E-state index in [1.807, 2.05) is 54.6 Å². The van der Waals surface area contributed by atoms with Gasteiger partial charge < -0.3 is 20.1 Å². The van der Waals surface area contributed by atoms with Crippen LogP contribution in [0.15, 0.2) is 77.3 Å². The molecular weight excluding hydrogens is 478 g/mol. The van der Waals surface area contributed by atoms with Gasteiger partial charge in [0.05, 0.1) is 12.2 Å². The fraction of sp³-hybridized carbons (Fsp3) is 0.130. The largest absolute Gasteiger partial charge is 0.490 e. The fourth-order valence-electron chi connectivity index (χ4n) is 2.70. The first-order valence-corrected chi connectivity index (χ1v) is 10.7. The third kappa shape index (κ3) is 7.06. The molecule has 1 amide bonds. The molecule has 160 valence electrons. The Kier molecular flexibility index (Phi) is 8.40. The second-order valence-corrected chi connectivity index (χ2v) is 7.78. The van der Waals surface area contributed by atoms with Crippen molar-refractivity contribution in [3.8, 4) is 5.75 Å². The van der Waals surface area contributed by atoms with Crippen LogP contribution in [0.1, 0.15) is 10.4 Å². The quantitative estimate of drug-likeness (QED) is 0.286. The minimum Gasteiger partial charge on any atom is -0.490 e. The summed E-state index contributed by atoms with van der Waals surface area (Å²) in [4.78, 5) is 12.7. The summed E-state index contributed by atoms with van der Waals surface area (Å²) >= 11 is 8.68.